The van der Waals surface area contributed by atoms with Gasteiger partial charge >= 0.3 is 0 Å². The van der Waals surface area contributed by atoms with Crippen LogP contribution in [0.2, 0.25) is 0 Å². The van der Waals surface area contributed by atoms with Gasteiger partial charge in [-0.1, -0.05) is 30.3 Å². The number of amides is 1. The summed E-state index contributed by atoms with van der Waals surface area (Å²) in [4.78, 5) is 12.6. The summed E-state index contributed by atoms with van der Waals surface area (Å²) >= 11 is 0. The van der Waals surface area contributed by atoms with Crippen molar-refractivity contribution in [1.29, 1.82) is 0 Å². The maximum Gasteiger partial charge on any atom is 0.224 e. The molecule has 6 heteroatoms. The average molecular weight is 379 g/mol. The number of benzene rings is 2. The second kappa shape index (κ2) is 9.19. The van der Waals surface area contributed by atoms with Crippen molar-refractivity contribution >= 4 is 5.91 Å². The Hall–Kier alpha value is -3.12. The number of nitrogens with zero attached hydrogens (tertiary/aromatic N) is 1. The number of aromatic nitrogens is 2. The van der Waals surface area contributed by atoms with Crippen LogP contribution in [0.25, 0.3) is 11.3 Å². The predicted octanol–water partition coefficient (Wildman–Crippen LogP) is 2.66. The SMILES string of the molecule is COc1ccc(-c2n[nH]c(C)c2CC(=O)NC(CO)Cc2ccccc2)cc1. The molecule has 2 aromatic carbocycles. The Labute approximate surface area is 164 Å². The van der Waals surface area contributed by atoms with Gasteiger partial charge in [-0.15, -0.1) is 0 Å². The van der Waals surface area contributed by atoms with Crippen molar-refractivity contribution in [3.63, 3.8) is 0 Å². The second-order valence-corrected chi connectivity index (χ2v) is 6.72. The number of nitrogens with one attached hydrogen (secondary N) is 2. The molecule has 0 bridgehead atoms. The van der Waals surface area contributed by atoms with Gasteiger partial charge in [0.15, 0.2) is 0 Å². The number of aliphatic hydroxyl groups excluding tert-OH is 1. The van der Waals surface area contributed by atoms with Crippen LogP contribution in [0.1, 0.15) is 16.8 Å². The third-order valence-electron chi connectivity index (χ3n) is 4.69. The lowest BCUT2D eigenvalue weighted by molar-refractivity contribution is -0.121. The summed E-state index contributed by atoms with van der Waals surface area (Å²) in [6, 6.07) is 17.0. The Bertz CT molecular complexity index is 905. The third-order valence-corrected chi connectivity index (χ3v) is 4.69. The van der Waals surface area contributed by atoms with Crippen LogP contribution < -0.4 is 10.1 Å². The molecule has 1 atom stereocenters. The number of carbonyl (C=O) groups is 1. The van der Waals surface area contributed by atoms with Crippen LogP contribution in [0.15, 0.2) is 54.6 Å². The molecule has 0 spiro atoms. The van der Waals surface area contributed by atoms with Gasteiger partial charge in [0.25, 0.3) is 0 Å². The molecule has 0 fully saturated rings. The highest BCUT2D eigenvalue weighted by molar-refractivity contribution is 5.82. The first-order valence-electron chi connectivity index (χ1n) is 9.23. The van der Waals surface area contributed by atoms with E-state index >= 15 is 0 Å². The summed E-state index contributed by atoms with van der Waals surface area (Å²) in [5.41, 5.74) is 4.43. The van der Waals surface area contributed by atoms with Gasteiger partial charge < -0.3 is 15.2 Å². The van der Waals surface area contributed by atoms with Gasteiger partial charge in [-0.25, -0.2) is 0 Å². The van der Waals surface area contributed by atoms with Gasteiger partial charge in [-0.05, 0) is 43.2 Å². The Kier molecular flexibility index (Phi) is 6.45. The largest absolute Gasteiger partial charge is 0.497 e. The molecular formula is C22H25N3O3. The van der Waals surface area contributed by atoms with Gasteiger partial charge in [0, 0.05) is 16.8 Å². The number of H-pyrrole nitrogens is 1. The smallest absolute Gasteiger partial charge is 0.224 e. The summed E-state index contributed by atoms with van der Waals surface area (Å²) in [5.74, 6) is 0.622. The molecule has 0 radical (unpaired) electrons. The molecule has 1 amide bonds. The maximum absolute atomic E-state index is 12.6. The molecule has 0 saturated heterocycles. The summed E-state index contributed by atoms with van der Waals surface area (Å²) < 4.78 is 5.19. The number of rotatable bonds is 8. The fourth-order valence-corrected chi connectivity index (χ4v) is 3.16. The first-order valence-corrected chi connectivity index (χ1v) is 9.23. The van der Waals surface area contributed by atoms with E-state index in [1.165, 1.54) is 0 Å². The van der Waals surface area contributed by atoms with E-state index in [4.69, 9.17) is 4.74 Å². The molecule has 0 aliphatic carbocycles. The summed E-state index contributed by atoms with van der Waals surface area (Å²) in [6.07, 6.45) is 0.772. The topological polar surface area (TPSA) is 87.2 Å². The molecule has 3 rings (SSSR count). The van der Waals surface area contributed by atoms with Crippen LogP contribution >= 0.6 is 0 Å². The molecule has 0 aliphatic heterocycles. The van der Waals surface area contributed by atoms with E-state index in [9.17, 15) is 9.90 Å². The first kappa shape index (κ1) is 19.6. The Morgan fingerprint density at radius 2 is 1.89 bits per heavy atom. The van der Waals surface area contributed by atoms with E-state index in [1.54, 1.807) is 7.11 Å². The quantitative estimate of drug-likeness (QED) is 0.562. The molecule has 3 N–H and O–H groups in total. The van der Waals surface area contributed by atoms with Crippen LogP contribution in [0.4, 0.5) is 0 Å². The van der Waals surface area contributed by atoms with Crippen LogP contribution in [0.5, 0.6) is 5.75 Å². The van der Waals surface area contributed by atoms with E-state index in [2.05, 4.69) is 15.5 Å². The number of aryl methyl sites for hydroxylation is 1. The zero-order valence-corrected chi connectivity index (χ0v) is 16.1. The standard InChI is InChI=1S/C22H25N3O3/c1-15-20(22(25-24-15)17-8-10-19(28-2)11-9-17)13-21(27)23-18(14-26)12-16-6-4-3-5-7-16/h3-11,18,26H,12-14H2,1-2H3,(H,23,27)(H,24,25). The highest BCUT2D eigenvalue weighted by Crippen LogP contribution is 2.26. The minimum absolute atomic E-state index is 0.115. The number of hydrogen-bond acceptors (Lipinski definition) is 4. The lowest BCUT2D eigenvalue weighted by Crippen LogP contribution is -2.40. The van der Waals surface area contributed by atoms with Crippen LogP contribution in [-0.2, 0) is 17.6 Å². The summed E-state index contributed by atoms with van der Waals surface area (Å²) in [6.45, 7) is 1.78. The molecule has 1 aromatic heterocycles. The van der Waals surface area contributed by atoms with E-state index in [0.717, 1.165) is 33.8 Å². The van der Waals surface area contributed by atoms with Crippen molar-refractivity contribution in [2.75, 3.05) is 13.7 Å². The van der Waals surface area contributed by atoms with Crippen molar-refractivity contribution in [2.24, 2.45) is 0 Å². The third kappa shape index (κ3) is 4.78. The molecule has 0 saturated carbocycles. The number of aliphatic hydroxyl groups is 1. The molecule has 146 valence electrons. The highest BCUT2D eigenvalue weighted by Gasteiger charge is 2.18. The molecule has 3 aromatic rings. The van der Waals surface area contributed by atoms with E-state index in [0.29, 0.717) is 6.42 Å². The molecule has 0 aliphatic rings. The zero-order chi connectivity index (χ0) is 19.9. The van der Waals surface area contributed by atoms with Crippen LogP contribution in [0.3, 0.4) is 0 Å². The first-order chi connectivity index (χ1) is 13.6. The van der Waals surface area contributed by atoms with Crippen molar-refractivity contribution in [3.05, 3.63) is 71.4 Å². The molecule has 28 heavy (non-hydrogen) atoms. The van der Waals surface area contributed by atoms with E-state index in [-0.39, 0.29) is 25.0 Å². The maximum atomic E-state index is 12.6. The number of hydrogen-bond donors (Lipinski definition) is 3. The van der Waals surface area contributed by atoms with Gasteiger partial charge in [0.1, 0.15) is 5.75 Å². The summed E-state index contributed by atoms with van der Waals surface area (Å²) in [7, 11) is 1.62. The van der Waals surface area contributed by atoms with Crippen LogP contribution in [0, 0.1) is 6.92 Å². The van der Waals surface area contributed by atoms with Crippen LogP contribution in [-0.4, -0.2) is 41.0 Å². The predicted molar refractivity (Wildman–Crippen MR) is 108 cm³/mol. The van der Waals surface area contributed by atoms with Gasteiger partial charge in [0.05, 0.1) is 31.9 Å². The lowest BCUT2D eigenvalue weighted by Gasteiger charge is -2.16. The monoisotopic (exact) mass is 379 g/mol. The molecule has 6 nitrogen and oxygen atoms in total. The molecule has 1 unspecified atom stereocenters. The van der Waals surface area contributed by atoms with Crippen molar-refractivity contribution in [3.8, 4) is 17.0 Å². The fraction of sp³-hybridized carbons (Fsp3) is 0.273. The van der Waals surface area contributed by atoms with E-state index in [1.807, 2.05) is 61.5 Å². The number of ether oxygens (including phenoxy) is 1. The van der Waals surface area contributed by atoms with Gasteiger partial charge in [0.2, 0.25) is 5.91 Å². The normalized spacial score (nSPS) is 11.8. The lowest BCUT2D eigenvalue weighted by atomic mass is 10.0. The van der Waals surface area contributed by atoms with E-state index < -0.39 is 0 Å². The highest BCUT2D eigenvalue weighted by atomic mass is 16.5. The minimum atomic E-state index is -0.327. The Morgan fingerprint density at radius 1 is 1.18 bits per heavy atom. The zero-order valence-electron chi connectivity index (χ0n) is 16.1. The van der Waals surface area contributed by atoms with Gasteiger partial charge in [-0.3, -0.25) is 9.89 Å². The minimum Gasteiger partial charge on any atom is -0.497 e. The summed E-state index contributed by atoms with van der Waals surface area (Å²) in [5, 5.41) is 19.9. The number of methoxy groups -OCH3 is 1. The number of aromatic amines is 1. The second-order valence-electron chi connectivity index (χ2n) is 6.72. The molecule has 1 heterocycles. The Morgan fingerprint density at radius 3 is 2.54 bits per heavy atom. The van der Waals surface area contributed by atoms with Crippen molar-refractivity contribution < 1.29 is 14.6 Å². The molecular weight excluding hydrogens is 354 g/mol. The average Bonchev–Trinajstić information content (AvgIpc) is 3.08. The van der Waals surface area contributed by atoms with Crippen molar-refractivity contribution in [1.82, 2.24) is 15.5 Å². The Balaban J connectivity index is 1.70. The number of carbonyl (C=O) groups excluding carboxylic acids is 1. The van der Waals surface area contributed by atoms with Gasteiger partial charge in [-0.2, -0.15) is 5.10 Å². The van der Waals surface area contributed by atoms with Crippen molar-refractivity contribution in [2.45, 2.75) is 25.8 Å². The fourth-order valence-electron chi connectivity index (χ4n) is 3.16.